The van der Waals surface area contributed by atoms with E-state index in [4.69, 9.17) is 5.53 Å². The fraction of sp³-hybridized carbons (Fsp3) is 0. The van der Waals surface area contributed by atoms with E-state index in [0.29, 0.717) is 26.6 Å². The van der Waals surface area contributed by atoms with E-state index in [-0.39, 0.29) is 10.6 Å². The molecule has 4 rings (SSSR count). The van der Waals surface area contributed by atoms with Gasteiger partial charge < -0.3 is 5.11 Å². The molecule has 0 spiro atoms. The van der Waals surface area contributed by atoms with Crippen LogP contribution in [0.15, 0.2) is 86.4 Å². The number of rotatable bonds is 5. The van der Waals surface area contributed by atoms with Crippen LogP contribution in [0.5, 0.6) is 5.75 Å². The number of azide groups is 1. The smallest absolute Gasteiger partial charge is 0.265 e. The lowest BCUT2D eigenvalue weighted by Crippen LogP contribution is -1.94. The molecule has 0 aliphatic carbocycles. The first-order valence-corrected chi connectivity index (χ1v) is 10.7. The first-order chi connectivity index (χ1) is 14.5. The highest BCUT2D eigenvalue weighted by Crippen LogP contribution is 2.35. The third kappa shape index (κ3) is 3.98. The van der Waals surface area contributed by atoms with Gasteiger partial charge in [-0.3, -0.25) is 0 Å². The second-order valence-corrected chi connectivity index (χ2v) is 8.59. The number of phenolic OH excluding ortho intramolecular Hbond substituents is 1. The van der Waals surface area contributed by atoms with Crippen LogP contribution in [-0.2, 0) is 10.0 Å². The van der Waals surface area contributed by atoms with E-state index in [1.54, 1.807) is 36.4 Å². The van der Waals surface area contributed by atoms with Crippen LogP contribution in [0.1, 0.15) is 0 Å². The number of phenols is 1. The predicted octanol–water partition coefficient (Wildman–Crippen LogP) is 6.08. The topological polar surface area (TPSA) is 141 Å². The van der Waals surface area contributed by atoms with Gasteiger partial charge >= 0.3 is 0 Å². The van der Waals surface area contributed by atoms with Crippen LogP contribution in [0, 0.1) is 0 Å². The minimum Gasteiger partial charge on any atom is -0.508 e. The number of azo groups is 1. The van der Waals surface area contributed by atoms with E-state index in [2.05, 4.69) is 24.6 Å². The molecule has 0 aliphatic heterocycles. The van der Waals surface area contributed by atoms with Crippen molar-refractivity contribution in [2.45, 2.75) is 4.90 Å². The number of benzene rings is 3. The third-order valence-corrected chi connectivity index (χ3v) is 6.51. The molecule has 0 atom stereocenters. The molecule has 0 bridgehead atoms. The maximum atomic E-state index is 12.2. The fourth-order valence-corrected chi connectivity index (χ4v) is 4.84. The van der Waals surface area contributed by atoms with E-state index in [1.807, 2.05) is 12.1 Å². The molecular weight excluding hydrogens is 424 g/mol. The molecule has 0 fully saturated rings. The molecule has 1 aromatic heterocycles. The van der Waals surface area contributed by atoms with E-state index < -0.39 is 10.0 Å². The fourth-order valence-electron chi connectivity index (χ4n) is 2.65. The minimum absolute atomic E-state index is 0.0686. The number of thiazole rings is 1. The third-order valence-electron chi connectivity index (χ3n) is 4.05. The highest BCUT2D eigenvalue weighted by Gasteiger charge is 2.19. The van der Waals surface area contributed by atoms with Crippen LogP contribution in [0.25, 0.3) is 31.2 Å². The van der Waals surface area contributed by atoms with Crippen molar-refractivity contribution in [2.75, 3.05) is 0 Å². The number of nitrogens with zero attached hydrogens (tertiary/aromatic N) is 6. The molecule has 0 unspecified atom stereocenters. The van der Waals surface area contributed by atoms with Crippen molar-refractivity contribution in [2.24, 2.45) is 14.7 Å². The Kier molecular flexibility index (Phi) is 5.15. The molecule has 0 aliphatic rings. The summed E-state index contributed by atoms with van der Waals surface area (Å²) in [5.41, 5.74) is 11.0. The van der Waals surface area contributed by atoms with Gasteiger partial charge in [0.15, 0.2) is 0 Å². The summed E-state index contributed by atoms with van der Waals surface area (Å²) in [6.45, 7) is 0. The van der Waals surface area contributed by atoms with Gasteiger partial charge in [-0.15, -0.1) is 11.3 Å². The highest BCUT2D eigenvalue weighted by molar-refractivity contribution is 7.90. The quantitative estimate of drug-likeness (QED) is 0.230. The van der Waals surface area contributed by atoms with Gasteiger partial charge in [0.2, 0.25) is 0 Å². The standard InChI is InChI=1S/C19H12N6O3S2/c20-24-25-30(27,28)17-3-1-2-16-18(17)29-19(21-16)12-4-6-13(7-5-12)22-23-14-8-10-15(26)11-9-14/h1-11,26H/b23-22+. The van der Waals surface area contributed by atoms with E-state index in [0.717, 1.165) is 5.56 Å². The van der Waals surface area contributed by atoms with Crippen molar-refractivity contribution in [3.05, 3.63) is 77.2 Å². The van der Waals surface area contributed by atoms with Crippen LogP contribution in [0.4, 0.5) is 11.4 Å². The largest absolute Gasteiger partial charge is 0.508 e. The van der Waals surface area contributed by atoms with Crippen molar-refractivity contribution in [1.82, 2.24) is 4.98 Å². The summed E-state index contributed by atoms with van der Waals surface area (Å²) < 4.78 is 27.7. The summed E-state index contributed by atoms with van der Waals surface area (Å²) in [6, 6.07) is 18.2. The summed E-state index contributed by atoms with van der Waals surface area (Å²) in [6.07, 6.45) is 0. The molecule has 3 aromatic carbocycles. The Labute approximate surface area is 174 Å². The van der Waals surface area contributed by atoms with Crippen molar-refractivity contribution in [3.8, 4) is 16.3 Å². The first-order valence-electron chi connectivity index (χ1n) is 8.48. The predicted molar refractivity (Wildman–Crippen MR) is 114 cm³/mol. The van der Waals surface area contributed by atoms with E-state index >= 15 is 0 Å². The minimum atomic E-state index is -4.11. The zero-order chi connectivity index (χ0) is 21.1. The molecule has 0 saturated carbocycles. The number of fused-ring (bicyclic) bond motifs is 1. The highest BCUT2D eigenvalue weighted by atomic mass is 32.2. The van der Waals surface area contributed by atoms with Gasteiger partial charge in [0.25, 0.3) is 10.0 Å². The average Bonchev–Trinajstić information content (AvgIpc) is 3.18. The molecule has 30 heavy (non-hydrogen) atoms. The van der Waals surface area contributed by atoms with Crippen LogP contribution in [-0.4, -0.2) is 18.5 Å². The summed E-state index contributed by atoms with van der Waals surface area (Å²) in [5, 5.41) is 18.2. The maximum absolute atomic E-state index is 12.2. The lowest BCUT2D eigenvalue weighted by molar-refractivity contribution is 0.475. The summed E-state index contributed by atoms with van der Waals surface area (Å²) >= 11 is 1.20. The SMILES string of the molecule is [N-]=[N+]=NS(=O)(=O)c1cccc2nc(-c3ccc(/N=N/c4ccc(O)cc4)cc3)sc12. The Morgan fingerprint density at radius 2 is 1.57 bits per heavy atom. The zero-order valence-corrected chi connectivity index (χ0v) is 16.7. The van der Waals surface area contributed by atoms with Gasteiger partial charge in [-0.2, -0.15) is 10.2 Å². The monoisotopic (exact) mass is 436 g/mol. The van der Waals surface area contributed by atoms with E-state index in [1.165, 1.54) is 29.5 Å². The number of aromatic hydroxyl groups is 1. The van der Waals surface area contributed by atoms with Gasteiger partial charge in [0, 0.05) is 15.0 Å². The Bertz CT molecular complexity index is 1410. The molecule has 1 heterocycles. The van der Waals surface area contributed by atoms with Crippen LogP contribution < -0.4 is 0 Å². The lowest BCUT2D eigenvalue weighted by Gasteiger charge is -1.98. The zero-order valence-electron chi connectivity index (χ0n) is 15.1. The van der Waals surface area contributed by atoms with Gasteiger partial charge in [0.05, 0.1) is 26.5 Å². The van der Waals surface area contributed by atoms with Crippen LogP contribution in [0.2, 0.25) is 0 Å². The van der Waals surface area contributed by atoms with Gasteiger partial charge in [-0.1, -0.05) is 6.07 Å². The Hall–Kier alpha value is -3.79. The molecule has 148 valence electrons. The van der Waals surface area contributed by atoms with Gasteiger partial charge in [-0.25, -0.2) is 13.4 Å². The van der Waals surface area contributed by atoms with Crippen LogP contribution in [0.3, 0.4) is 0 Å². The molecule has 1 N–H and O–H groups in total. The summed E-state index contributed by atoms with van der Waals surface area (Å²) in [5.74, 6) is 0.157. The van der Waals surface area contributed by atoms with Crippen molar-refractivity contribution in [1.29, 1.82) is 0 Å². The number of hydrogen-bond acceptors (Lipinski definition) is 7. The molecule has 11 heteroatoms. The Morgan fingerprint density at radius 3 is 2.20 bits per heavy atom. The van der Waals surface area contributed by atoms with Crippen molar-refractivity contribution < 1.29 is 13.5 Å². The normalized spacial score (nSPS) is 11.6. The van der Waals surface area contributed by atoms with Gasteiger partial charge in [-0.05, 0) is 66.2 Å². The van der Waals surface area contributed by atoms with Crippen LogP contribution >= 0.6 is 11.3 Å². The summed E-state index contributed by atoms with van der Waals surface area (Å²) in [7, 11) is -4.11. The molecule has 9 nitrogen and oxygen atoms in total. The average molecular weight is 436 g/mol. The molecular formula is C19H12N6O3S2. The molecule has 0 amide bonds. The lowest BCUT2D eigenvalue weighted by atomic mass is 10.2. The van der Waals surface area contributed by atoms with Crippen molar-refractivity contribution >= 4 is 43.0 Å². The Morgan fingerprint density at radius 1 is 0.933 bits per heavy atom. The molecule has 4 aromatic rings. The van der Waals surface area contributed by atoms with E-state index in [9.17, 15) is 13.5 Å². The maximum Gasteiger partial charge on any atom is 0.265 e. The van der Waals surface area contributed by atoms with Crippen molar-refractivity contribution in [3.63, 3.8) is 0 Å². The number of aromatic nitrogens is 1. The first kappa shape index (κ1) is 19.5. The second-order valence-electron chi connectivity index (χ2n) is 6.03. The second kappa shape index (κ2) is 7.91. The summed E-state index contributed by atoms with van der Waals surface area (Å²) in [4.78, 5) is 6.82. The molecule has 0 saturated heterocycles. The Balaban J connectivity index is 1.64. The number of sulfonamides is 1. The number of hydrogen-bond donors (Lipinski definition) is 1. The molecule has 0 radical (unpaired) electrons. The van der Waals surface area contributed by atoms with Gasteiger partial charge in [0.1, 0.15) is 10.8 Å².